The van der Waals surface area contributed by atoms with Gasteiger partial charge in [0.2, 0.25) is 0 Å². The van der Waals surface area contributed by atoms with E-state index in [0.717, 1.165) is 0 Å². The van der Waals surface area contributed by atoms with Gasteiger partial charge in [-0.3, -0.25) is 9.59 Å². The second-order valence-corrected chi connectivity index (χ2v) is 7.23. The summed E-state index contributed by atoms with van der Waals surface area (Å²) in [6.07, 6.45) is 0. The molecule has 1 aliphatic rings. The van der Waals surface area contributed by atoms with E-state index in [1.807, 2.05) is 4.90 Å². The summed E-state index contributed by atoms with van der Waals surface area (Å²) >= 11 is 5.78. The Bertz CT molecular complexity index is 1140. The lowest BCUT2D eigenvalue weighted by Gasteiger charge is -2.35. The lowest BCUT2D eigenvalue weighted by Crippen LogP contribution is -2.49. The number of anilines is 1. The standard InChI is InChI=1S/C21H17ClF2N4O2/c22-17-13-14(1-6-18(17)24)21(30)27-11-9-26(10-12-27)19-7-8-20(29)28(25-19)16-4-2-15(23)3-5-16/h1-8,13H,9-12H2. The molecule has 3 aromatic rings. The molecule has 0 aliphatic carbocycles. The van der Waals surface area contributed by atoms with Crippen molar-refractivity contribution < 1.29 is 13.6 Å². The number of hydrogen-bond donors (Lipinski definition) is 0. The minimum atomic E-state index is -0.569. The second-order valence-electron chi connectivity index (χ2n) is 6.83. The number of piperazine rings is 1. The third-order valence-electron chi connectivity index (χ3n) is 4.91. The molecule has 0 radical (unpaired) electrons. The highest BCUT2D eigenvalue weighted by Crippen LogP contribution is 2.19. The quantitative estimate of drug-likeness (QED) is 0.640. The maximum Gasteiger partial charge on any atom is 0.271 e. The monoisotopic (exact) mass is 430 g/mol. The smallest absolute Gasteiger partial charge is 0.271 e. The fourth-order valence-electron chi connectivity index (χ4n) is 3.29. The van der Waals surface area contributed by atoms with Crippen molar-refractivity contribution in [3.05, 3.63) is 87.2 Å². The van der Waals surface area contributed by atoms with Crippen molar-refractivity contribution in [3.8, 4) is 5.69 Å². The van der Waals surface area contributed by atoms with E-state index >= 15 is 0 Å². The van der Waals surface area contributed by atoms with Gasteiger partial charge in [-0.2, -0.15) is 4.68 Å². The molecule has 1 fully saturated rings. The highest BCUT2D eigenvalue weighted by Gasteiger charge is 2.24. The Balaban J connectivity index is 1.48. The van der Waals surface area contributed by atoms with Gasteiger partial charge >= 0.3 is 0 Å². The van der Waals surface area contributed by atoms with Crippen LogP contribution in [-0.2, 0) is 0 Å². The molecule has 1 aromatic heterocycles. The average Bonchev–Trinajstić information content (AvgIpc) is 2.76. The number of amides is 1. The zero-order valence-electron chi connectivity index (χ0n) is 15.8. The summed E-state index contributed by atoms with van der Waals surface area (Å²) in [6, 6.07) is 12.4. The van der Waals surface area contributed by atoms with E-state index in [1.165, 1.54) is 53.2 Å². The number of aromatic nitrogens is 2. The Hall–Kier alpha value is -3.26. The number of benzene rings is 2. The van der Waals surface area contributed by atoms with Crippen LogP contribution in [-0.4, -0.2) is 46.8 Å². The first-order chi connectivity index (χ1) is 14.4. The molecule has 2 heterocycles. The first kappa shape index (κ1) is 20.0. The van der Waals surface area contributed by atoms with E-state index in [9.17, 15) is 18.4 Å². The van der Waals surface area contributed by atoms with Crippen LogP contribution < -0.4 is 10.5 Å². The van der Waals surface area contributed by atoms with Crippen LogP contribution in [0.1, 0.15) is 10.4 Å². The molecule has 0 bridgehead atoms. The SMILES string of the molecule is O=C(c1ccc(F)c(Cl)c1)N1CCN(c2ccc(=O)n(-c3ccc(F)cc3)n2)CC1. The Morgan fingerprint density at radius 2 is 1.63 bits per heavy atom. The molecule has 0 atom stereocenters. The molecule has 0 unspecified atom stereocenters. The van der Waals surface area contributed by atoms with Crippen LogP contribution in [0.15, 0.2) is 59.4 Å². The van der Waals surface area contributed by atoms with Gasteiger partial charge in [-0.1, -0.05) is 11.6 Å². The molecule has 0 saturated carbocycles. The second kappa shape index (κ2) is 8.23. The molecule has 1 amide bonds. The van der Waals surface area contributed by atoms with E-state index in [-0.39, 0.29) is 16.5 Å². The lowest BCUT2D eigenvalue weighted by atomic mass is 10.1. The minimum Gasteiger partial charge on any atom is -0.352 e. The Labute approximate surface area is 175 Å². The van der Waals surface area contributed by atoms with Crippen molar-refractivity contribution in [1.29, 1.82) is 0 Å². The molecule has 4 rings (SSSR count). The van der Waals surface area contributed by atoms with E-state index in [4.69, 9.17) is 11.6 Å². The molecule has 0 spiro atoms. The molecule has 0 N–H and O–H groups in total. The topological polar surface area (TPSA) is 58.4 Å². The molecule has 9 heteroatoms. The summed E-state index contributed by atoms with van der Waals surface area (Å²) in [6.45, 7) is 1.89. The van der Waals surface area contributed by atoms with Crippen LogP contribution in [0.5, 0.6) is 0 Å². The number of halogens is 3. The normalized spacial score (nSPS) is 14.1. The van der Waals surface area contributed by atoms with Gasteiger partial charge in [0.15, 0.2) is 0 Å². The largest absolute Gasteiger partial charge is 0.352 e. The number of carbonyl (C=O) groups is 1. The number of carbonyl (C=O) groups excluding carboxylic acids is 1. The van der Waals surface area contributed by atoms with Gasteiger partial charge in [-0.15, -0.1) is 5.10 Å². The third kappa shape index (κ3) is 4.04. The van der Waals surface area contributed by atoms with Gasteiger partial charge in [0.25, 0.3) is 11.5 Å². The van der Waals surface area contributed by atoms with Crippen LogP contribution in [0.3, 0.4) is 0 Å². The van der Waals surface area contributed by atoms with Crippen molar-refractivity contribution in [2.75, 3.05) is 31.1 Å². The molecular formula is C21H17ClF2N4O2. The van der Waals surface area contributed by atoms with E-state index in [1.54, 1.807) is 11.0 Å². The zero-order chi connectivity index (χ0) is 21.3. The third-order valence-corrected chi connectivity index (χ3v) is 5.20. The van der Waals surface area contributed by atoms with Crippen LogP contribution in [0.25, 0.3) is 5.69 Å². The fraction of sp³-hybridized carbons (Fsp3) is 0.190. The molecule has 1 aliphatic heterocycles. The van der Waals surface area contributed by atoms with Gasteiger partial charge in [0.1, 0.15) is 17.5 Å². The Morgan fingerprint density at radius 3 is 2.30 bits per heavy atom. The van der Waals surface area contributed by atoms with Gasteiger partial charge in [-0.05, 0) is 48.5 Å². The van der Waals surface area contributed by atoms with Crippen LogP contribution in [0.2, 0.25) is 5.02 Å². The van der Waals surface area contributed by atoms with Gasteiger partial charge in [-0.25, -0.2) is 8.78 Å². The summed E-state index contributed by atoms with van der Waals surface area (Å²) in [5.41, 5.74) is 0.468. The first-order valence-corrected chi connectivity index (χ1v) is 9.66. The van der Waals surface area contributed by atoms with E-state index in [0.29, 0.717) is 43.2 Å². The van der Waals surface area contributed by atoms with Crippen molar-refractivity contribution in [2.24, 2.45) is 0 Å². The fourth-order valence-corrected chi connectivity index (χ4v) is 3.47. The highest BCUT2D eigenvalue weighted by molar-refractivity contribution is 6.31. The van der Waals surface area contributed by atoms with Crippen molar-refractivity contribution in [3.63, 3.8) is 0 Å². The molecule has 30 heavy (non-hydrogen) atoms. The zero-order valence-corrected chi connectivity index (χ0v) is 16.5. The minimum absolute atomic E-state index is 0.0910. The Morgan fingerprint density at radius 1 is 0.933 bits per heavy atom. The summed E-state index contributed by atoms with van der Waals surface area (Å²) in [5, 5.41) is 4.30. The number of rotatable bonds is 3. The van der Waals surface area contributed by atoms with Crippen LogP contribution in [0.4, 0.5) is 14.6 Å². The summed E-state index contributed by atoms with van der Waals surface area (Å²) in [4.78, 5) is 28.5. The van der Waals surface area contributed by atoms with Gasteiger partial charge < -0.3 is 9.80 Å². The average molecular weight is 431 g/mol. The van der Waals surface area contributed by atoms with Gasteiger partial charge in [0.05, 0.1) is 10.7 Å². The number of hydrogen-bond acceptors (Lipinski definition) is 4. The lowest BCUT2D eigenvalue weighted by molar-refractivity contribution is 0.0746. The van der Waals surface area contributed by atoms with Crippen LogP contribution >= 0.6 is 11.6 Å². The van der Waals surface area contributed by atoms with Gasteiger partial charge in [0, 0.05) is 37.8 Å². The predicted molar refractivity (Wildman–Crippen MR) is 109 cm³/mol. The molecule has 1 saturated heterocycles. The molecular weight excluding hydrogens is 414 g/mol. The molecule has 2 aromatic carbocycles. The number of nitrogens with zero attached hydrogens (tertiary/aromatic N) is 4. The maximum absolute atomic E-state index is 13.3. The van der Waals surface area contributed by atoms with E-state index < -0.39 is 11.6 Å². The predicted octanol–water partition coefficient (Wildman–Crippen LogP) is 3.13. The van der Waals surface area contributed by atoms with Crippen molar-refractivity contribution >= 4 is 23.3 Å². The molecule has 154 valence electrons. The highest BCUT2D eigenvalue weighted by atomic mass is 35.5. The first-order valence-electron chi connectivity index (χ1n) is 9.28. The Kier molecular flexibility index (Phi) is 5.50. The molecule has 6 nitrogen and oxygen atoms in total. The summed E-state index contributed by atoms with van der Waals surface area (Å²) < 4.78 is 27.7. The van der Waals surface area contributed by atoms with Crippen molar-refractivity contribution in [1.82, 2.24) is 14.7 Å². The van der Waals surface area contributed by atoms with Crippen LogP contribution in [0, 0.1) is 11.6 Å². The maximum atomic E-state index is 13.3. The summed E-state index contributed by atoms with van der Waals surface area (Å²) in [7, 11) is 0. The summed E-state index contributed by atoms with van der Waals surface area (Å²) in [5.74, 6) is -0.608. The van der Waals surface area contributed by atoms with Crippen molar-refractivity contribution in [2.45, 2.75) is 0 Å². The van der Waals surface area contributed by atoms with E-state index in [2.05, 4.69) is 5.10 Å².